The predicted molar refractivity (Wildman–Crippen MR) is 79.4 cm³/mol. The number of nitrogens with zero attached hydrogens (tertiary/aromatic N) is 1. The maximum atomic E-state index is 13.6. The van der Waals surface area contributed by atoms with Crippen LogP contribution in [0, 0.1) is 5.82 Å². The lowest BCUT2D eigenvalue weighted by Gasteiger charge is -2.35. The van der Waals surface area contributed by atoms with Crippen LogP contribution in [0.5, 0.6) is 5.75 Å². The highest BCUT2D eigenvalue weighted by Gasteiger charge is 2.22. The van der Waals surface area contributed by atoms with Crippen LogP contribution in [0.4, 0.5) is 4.39 Å². The summed E-state index contributed by atoms with van der Waals surface area (Å²) in [4.78, 5) is 2.43. The van der Waals surface area contributed by atoms with E-state index in [9.17, 15) is 9.50 Å². The molecule has 1 aliphatic rings. The SMILES string of the molecule is CCCCC[C@@H](c1ccc(O)c(F)c1)N1CCNCC1. The fraction of sp³-hybridized carbons (Fsp3) is 0.625. The molecule has 0 radical (unpaired) electrons. The van der Waals surface area contributed by atoms with Gasteiger partial charge in [0.15, 0.2) is 11.6 Å². The second kappa shape index (κ2) is 7.60. The quantitative estimate of drug-likeness (QED) is 0.786. The molecule has 1 aliphatic heterocycles. The van der Waals surface area contributed by atoms with Crippen LogP contribution in [0.2, 0.25) is 0 Å². The summed E-state index contributed by atoms with van der Waals surface area (Å²) in [6.45, 7) is 6.17. The van der Waals surface area contributed by atoms with Gasteiger partial charge in [-0.1, -0.05) is 32.3 Å². The van der Waals surface area contributed by atoms with Crippen LogP contribution in [0.25, 0.3) is 0 Å². The molecule has 0 saturated carbocycles. The summed E-state index contributed by atoms with van der Waals surface area (Å²) in [6.07, 6.45) is 4.62. The third-order valence-corrected chi connectivity index (χ3v) is 4.03. The second-order valence-corrected chi connectivity index (χ2v) is 5.51. The monoisotopic (exact) mass is 280 g/mol. The summed E-state index contributed by atoms with van der Waals surface area (Å²) < 4.78 is 13.6. The van der Waals surface area contributed by atoms with Gasteiger partial charge in [-0.2, -0.15) is 0 Å². The highest BCUT2D eigenvalue weighted by Crippen LogP contribution is 2.29. The molecule has 1 heterocycles. The van der Waals surface area contributed by atoms with Gasteiger partial charge in [-0.25, -0.2) is 4.39 Å². The topological polar surface area (TPSA) is 35.5 Å². The van der Waals surface area contributed by atoms with E-state index in [2.05, 4.69) is 17.1 Å². The Labute approximate surface area is 120 Å². The highest BCUT2D eigenvalue weighted by molar-refractivity contribution is 5.30. The van der Waals surface area contributed by atoms with Gasteiger partial charge in [0.05, 0.1) is 0 Å². The van der Waals surface area contributed by atoms with Gasteiger partial charge in [0.2, 0.25) is 0 Å². The lowest BCUT2D eigenvalue weighted by atomic mass is 9.98. The number of hydrogen-bond donors (Lipinski definition) is 2. The number of rotatable bonds is 6. The zero-order valence-corrected chi connectivity index (χ0v) is 12.2. The number of phenolic OH excluding ortho intramolecular Hbond substituents is 1. The fourth-order valence-corrected chi connectivity index (χ4v) is 2.87. The Morgan fingerprint density at radius 2 is 2.05 bits per heavy atom. The number of piperazine rings is 1. The van der Waals surface area contributed by atoms with E-state index in [1.165, 1.54) is 25.0 Å². The molecular formula is C16H25FN2O. The molecular weight excluding hydrogens is 255 g/mol. The molecule has 0 aliphatic carbocycles. The summed E-state index contributed by atoms with van der Waals surface area (Å²) >= 11 is 0. The van der Waals surface area contributed by atoms with E-state index in [1.807, 2.05) is 6.07 Å². The van der Waals surface area contributed by atoms with Gasteiger partial charge in [-0.15, -0.1) is 0 Å². The molecule has 1 saturated heterocycles. The van der Waals surface area contributed by atoms with Crippen molar-refractivity contribution in [3.05, 3.63) is 29.6 Å². The average molecular weight is 280 g/mol. The number of nitrogens with one attached hydrogen (secondary N) is 1. The van der Waals surface area contributed by atoms with Crippen LogP contribution in [-0.4, -0.2) is 36.2 Å². The van der Waals surface area contributed by atoms with Gasteiger partial charge in [-0.3, -0.25) is 4.90 Å². The zero-order valence-electron chi connectivity index (χ0n) is 12.2. The van der Waals surface area contributed by atoms with Gasteiger partial charge in [-0.05, 0) is 24.1 Å². The lowest BCUT2D eigenvalue weighted by Crippen LogP contribution is -2.45. The molecule has 3 nitrogen and oxygen atoms in total. The Bertz CT molecular complexity index is 419. The third-order valence-electron chi connectivity index (χ3n) is 4.03. The predicted octanol–water partition coefficient (Wildman–Crippen LogP) is 3.06. The van der Waals surface area contributed by atoms with Crippen LogP contribution in [0.3, 0.4) is 0 Å². The summed E-state index contributed by atoms with van der Waals surface area (Å²) in [5.41, 5.74) is 0.985. The van der Waals surface area contributed by atoms with E-state index >= 15 is 0 Å². The first-order valence-corrected chi connectivity index (χ1v) is 7.65. The Morgan fingerprint density at radius 3 is 2.70 bits per heavy atom. The summed E-state index contributed by atoms with van der Waals surface area (Å²) in [5, 5.41) is 12.7. The number of aromatic hydroxyl groups is 1. The van der Waals surface area contributed by atoms with Gasteiger partial charge in [0, 0.05) is 32.2 Å². The number of benzene rings is 1. The molecule has 112 valence electrons. The summed E-state index contributed by atoms with van der Waals surface area (Å²) in [6, 6.07) is 5.09. The van der Waals surface area contributed by atoms with Crippen molar-refractivity contribution in [3.63, 3.8) is 0 Å². The normalized spacial score (nSPS) is 18.1. The van der Waals surface area contributed by atoms with Crippen molar-refractivity contribution in [2.24, 2.45) is 0 Å². The Kier molecular flexibility index (Phi) is 5.80. The van der Waals surface area contributed by atoms with Crippen molar-refractivity contribution in [2.75, 3.05) is 26.2 Å². The van der Waals surface area contributed by atoms with E-state index in [-0.39, 0.29) is 11.8 Å². The van der Waals surface area contributed by atoms with Crippen molar-refractivity contribution in [1.29, 1.82) is 0 Å². The molecule has 0 unspecified atom stereocenters. The molecule has 0 spiro atoms. The maximum Gasteiger partial charge on any atom is 0.165 e. The molecule has 2 N–H and O–H groups in total. The minimum atomic E-state index is -0.516. The summed E-state index contributed by atoms with van der Waals surface area (Å²) in [7, 11) is 0. The minimum absolute atomic E-state index is 0.263. The third kappa shape index (κ3) is 3.93. The minimum Gasteiger partial charge on any atom is -0.505 e. The molecule has 1 aromatic carbocycles. The van der Waals surface area contributed by atoms with E-state index in [0.717, 1.165) is 44.6 Å². The first-order valence-electron chi connectivity index (χ1n) is 7.65. The van der Waals surface area contributed by atoms with E-state index in [1.54, 1.807) is 0 Å². The number of unbranched alkanes of at least 4 members (excludes halogenated alkanes) is 2. The maximum absolute atomic E-state index is 13.6. The van der Waals surface area contributed by atoms with E-state index in [4.69, 9.17) is 0 Å². The molecule has 1 atom stereocenters. The number of hydrogen-bond acceptors (Lipinski definition) is 3. The molecule has 1 fully saturated rings. The van der Waals surface area contributed by atoms with E-state index < -0.39 is 5.82 Å². The molecule has 4 heteroatoms. The summed E-state index contributed by atoms with van der Waals surface area (Å²) in [5.74, 6) is -0.778. The second-order valence-electron chi connectivity index (χ2n) is 5.51. The standard InChI is InChI=1S/C16H25FN2O/c1-2-3-4-5-15(19-10-8-18-9-11-19)13-6-7-16(20)14(17)12-13/h6-7,12,15,18,20H,2-5,8-11H2,1H3/t15-/m0/s1. The van der Waals surface area contributed by atoms with Crippen LogP contribution in [0.1, 0.15) is 44.2 Å². The van der Waals surface area contributed by atoms with Crippen molar-refractivity contribution in [2.45, 2.75) is 38.6 Å². The van der Waals surface area contributed by atoms with Gasteiger partial charge in [0.25, 0.3) is 0 Å². The Balaban J connectivity index is 2.12. The first kappa shape index (κ1) is 15.3. The molecule has 0 bridgehead atoms. The Morgan fingerprint density at radius 1 is 1.30 bits per heavy atom. The van der Waals surface area contributed by atoms with Gasteiger partial charge in [0.1, 0.15) is 0 Å². The lowest BCUT2D eigenvalue weighted by molar-refractivity contribution is 0.162. The number of halogens is 1. The van der Waals surface area contributed by atoms with Crippen LogP contribution in [0.15, 0.2) is 18.2 Å². The van der Waals surface area contributed by atoms with Crippen molar-refractivity contribution in [3.8, 4) is 5.75 Å². The highest BCUT2D eigenvalue weighted by atomic mass is 19.1. The smallest absolute Gasteiger partial charge is 0.165 e. The molecule has 2 rings (SSSR count). The van der Waals surface area contributed by atoms with E-state index in [0.29, 0.717) is 0 Å². The van der Waals surface area contributed by atoms with Crippen LogP contribution in [-0.2, 0) is 0 Å². The average Bonchev–Trinajstić information content (AvgIpc) is 2.48. The van der Waals surface area contributed by atoms with Crippen molar-refractivity contribution >= 4 is 0 Å². The molecule has 1 aromatic rings. The zero-order chi connectivity index (χ0) is 14.4. The first-order chi connectivity index (χ1) is 9.72. The molecule has 0 aromatic heterocycles. The van der Waals surface area contributed by atoms with Crippen molar-refractivity contribution < 1.29 is 9.50 Å². The van der Waals surface area contributed by atoms with Crippen LogP contribution < -0.4 is 5.32 Å². The van der Waals surface area contributed by atoms with Crippen molar-refractivity contribution in [1.82, 2.24) is 10.2 Å². The van der Waals surface area contributed by atoms with Gasteiger partial charge >= 0.3 is 0 Å². The Hall–Kier alpha value is -1.13. The van der Waals surface area contributed by atoms with Gasteiger partial charge < -0.3 is 10.4 Å². The molecule has 0 amide bonds. The largest absolute Gasteiger partial charge is 0.505 e. The van der Waals surface area contributed by atoms with Crippen LogP contribution >= 0.6 is 0 Å². The molecule has 20 heavy (non-hydrogen) atoms. The fourth-order valence-electron chi connectivity index (χ4n) is 2.87. The number of phenols is 1.